The van der Waals surface area contributed by atoms with Crippen LogP contribution in [0.5, 0.6) is 5.75 Å². The quantitative estimate of drug-likeness (QED) is 0.819. The van der Waals surface area contributed by atoms with Crippen LogP contribution in [-0.4, -0.2) is 56.3 Å². The highest BCUT2D eigenvalue weighted by atomic mass is 32.2. The van der Waals surface area contributed by atoms with Crippen molar-refractivity contribution in [2.45, 2.75) is 19.4 Å². The van der Waals surface area contributed by atoms with Crippen molar-refractivity contribution in [2.75, 3.05) is 25.2 Å². The van der Waals surface area contributed by atoms with Gasteiger partial charge in [-0.15, -0.1) is 0 Å². The molecule has 0 aliphatic carbocycles. The minimum atomic E-state index is -3.06. The smallest absolute Gasteiger partial charge is 0.260 e. The van der Waals surface area contributed by atoms with Gasteiger partial charge in [0.1, 0.15) is 5.75 Å². The van der Waals surface area contributed by atoms with Crippen LogP contribution >= 0.6 is 0 Å². The molecule has 1 saturated heterocycles. The molecule has 23 heavy (non-hydrogen) atoms. The highest BCUT2D eigenvalue weighted by molar-refractivity contribution is 7.91. The predicted octanol–water partition coefficient (Wildman–Crippen LogP) is 0.118. The molecule has 1 unspecified atom stereocenters. The predicted molar refractivity (Wildman–Crippen MR) is 85.0 cm³/mol. The standard InChI is InChI=1S/C15H20N2O5S/c1-10-3-4-12(15(16)19)13(7-10)22-8-14(18)17(2)11-5-6-23(20,21)9-11/h3-4,7,11H,5-6,8-9H2,1-2H3,(H2,16,19). The average molecular weight is 340 g/mol. The van der Waals surface area contributed by atoms with Gasteiger partial charge in [-0.05, 0) is 31.0 Å². The number of primary amides is 1. The van der Waals surface area contributed by atoms with E-state index < -0.39 is 15.7 Å². The number of hydrogen-bond donors (Lipinski definition) is 1. The Morgan fingerprint density at radius 3 is 2.65 bits per heavy atom. The molecule has 0 spiro atoms. The molecule has 1 heterocycles. The zero-order chi connectivity index (χ0) is 17.2. The fourth-order valence-corrected chi connectivity index (χ4v) is 4.25. The first-order chi connectivity index (χ1) is 10.7. The van der Waals surface area contributed by atoms with Gasteiger partial charge in [0.2, 0.25) is 0 Å². The lowest BCUT2D eigenvalue weighted by Gasteiger charge is -2.23. The second kappa shape index (κ2) is 6.57. The molecule has 0 aromatic heterocycles. The highest BCUT2D eigenvalue weighted by Crippen LogP contribution is 2.21. The molecule has 1 aromatic rings. The van der Waals surface area contributed by atoms with E-state index in [0.29, 0.717) is 6.42 Å². The Kier molecular flexibility index (Phi) is 4.93. The summed E-state index contributed by atoms with van der Waals surface area (Å²) in [5, 5.41) is 0. The maximum absolute atomic E-state index is 12.2. The molecule has 0 saturated carbocycles. The number of likely N-dealkylation sites (N-methyl/N-ethyl adjacent to an activating group) is 1. The van der Waals surface area contributed by atoms with Crippen molar-refractivity contribution in [3.05, 3.63) is 29.3 Å². The van der Waals surface area contributed by atoms with Gasteiger partial charge in [0, 0.05) is 13.1 Å². The molecule has 7 nitrogen and oxygen atoms in total. The van der Waals surface area contributed by atoms with E-state index in [1.807, 2.05) is 6.92 Å². The van der Waals surface area contributed by atoms with Crippen molar-refractivity contribution < 1.29 is 22.7 Å². The fraction of sp³-hybridized carbons (Fsp3) is 0.467. The number of amides is 2. The maximum atomic E-state index is 12.2. The lowest BCUT2D eigenvalue weighted by molar-refractivity contribution is -0.133. The zero-order valence-electron chi connectivity index (χ0n) is 13.1. The van der Waals surface area contributed by atoms with Crippen molar-refractivity contribution in [2.24, 2.45) is 5.73 Å². The van der Waals surface area contributed by atoms with Gasteiger partial charge in [0.05, 0.1) is 17.1 Å². The number of ether oxygens (including phenoxy) is 1. The summed E-state index contributed by atoms with van der Waals surface area (Å²) in [5.74, 6) is -0.656. The Hall–Kier alpha value is -2.09. The summed E-state index contributed by atoms with van der Waals surface area (Å²) in [7, 11) is -1.50. The Bertz CT molecular complexity index is 729. The van der Waals surface area contributed by atoms with Crippen LogP contribution in [0.1, 0.15) is 22.3 Å². The van der Waals surface area contributed by atoms with Gasteiger partial charge in [-0.1, -0.05) is 6.07 Å². The van der Waals surface area contributed by atoms with Crippen LogP contribution in [0.2, 0.25) is 0 Å². The number of nitrogens with two attached hydrogens (primary N) is 1. The third kappa shape index (κ3) is 4.22. The van der Waals surface area contributed by atoms with Crippen LogP contribution in [0, 0.1) is 6.92 Å². The van der Waals surface area contributed by atoms with Crippen molar-refractivity contribution in [1.82, 2.24) is 4.90 Å². The molecule has 1 atom stereocenters. The molecule has 1 aliphatic rings. The van der Waals surface area contributed by atoms with Gasteiger partial charge in [0.15, 0.2) is 16.4 Å². The average Bonchev–Trinajstić information content (AvgIpc) is 2.83. The Morgan fingerprint density at radius 2 is 2.09 bits per heavy atom. The number of carbonyl (C=O) groups is 2. The molecule has 0 bridgehead atoms. The van der Waals surface area contributed by atoms with E-state index in [1.54, 1.807) is 25.2 Å². The van der Waals surface area contributed by atoms with Gasteiger partial charge in [-0.2, -0.15) is 0 Å². The molecule has 126 valence electrons. The van der Waals surface area contributed by atoms with Crippen LogP contribution in [-0.2, 0) is 14.6 Å². The molecular weight excluding hydrogens is 320 g/mol. The van der Waals surface area contributed by atoms with E-state index in [4.69, 9.17) is 10.5 Å². The topological polar surface area (TPSA) is 107 Å². The zero-order valence-corrected chi connectivity index (χ0v) is 13.9. The monoisotopic (exact) mass is 340 g/mol. The Labute approximate surface area is 135 Å². The third-order valence-electron chi connectivity index (χ3n) is 3.90. The van der Waals surface area contributed by atoms with Crippen molar-refractivity contribution >= 4 is 21.7 Å². The summed E-state index contributed by atoms with van der Waals surface area (Å²) >= 11 is 0. The summed E-state index contributed by atoms with van der Waals surface area (Å²) in [5.41, 5.74) is 6.35. The van der Waals surface area contributed by atoms with Crippen LogP contribution in [0.4, 0.5) is 0 Å². The number of aryl methyl sites for hydroxylation is 1. The second-order valence-corrected chi connectivity index (χ2v) is 7.94. The van der Waals surface area contributed by atoms with Crippen molar-refractivity contribution in [1.29, 1.82) is 0 Å². The maximum Gasteiger partial charge on any atom is 0.260 e. The lowest BCUT2D eigenvalue weighted by Crippen LogP contribution is -2.40. The summed E-state index contributed by atoms with van der Waals surface area (Å²) in [6.07, 6.45) is 0.432. The van der Waals surface area contributed by atoms with E-state index in [9.17, 15) is 18.0 Å². The second-order valence-electron chi connectivity index (χ2n) is 5.71. The molecule has 0 radical (unpaired) electrons. The molecule has 8 heteroatoms. The summed E-state index contributed by atoms with van der Waals surface area (Å²) in [6, 6.07) is 4.58. The molecule has 2 N–H and O–H groups in total. The molecule has 2 rings (SSSR count). The number of hydrogen-bond acceptors (Lipinski definition) is 5. The fourth-order valence-electron chi connectivity index (χ4n) is 2.48. The Balaban J connectivity index is 2.02. The minimum absolute atomic E-state index is 0.0216. The van der Waals surface area contributed by atoms with Gasteiger partial charge >= 0.3 is 0 Å². The van der Waals surface area contributed by atoms with Gasteiger partial charge in [0.25, 0.3) is 11.8 Å². The number of rotatable bonds is 5. The first kappa shape index (κ1) is 17.3. The largest absolute Gasteiger partial charge is 0.483 e. The van der Waals surface area contributed by atoms with Gasteiger partial charge < -0.3 is 15.4 Å². The number of benzene rings is 1. The van der Waals surface area contributed by atoms with E-state index in [1.165, 1.54) is 4.90 Å². The molecular formula is C15H20N2O5S. The van der Waals surface area contributed by atoms with E-state index in [0.717, 1.165) is 5.56 Å². The van der Waals surface area contributed by atoms with Crippen molar-refractivity contribution in [3.8, 4) is 5.75 Å². The Morgan fingerprint density at radius 1 is 1.39 bits per heavy atom. The van der Waals surface area contributed by atoms with Crippen LogP contribution in [0.3, 0.4) is 0 Å². The molecule has 1 aromatic carbocycles. The normalized spacial score (nSPS) is 19.3. The van der Waals surface area contributed by atoms with Crippen LogP contribution < -0.4 is 10.5 Å². The lowest BCUT2D eigenvalue weighted by atomic mass is 10.1. The van der Waals surface area contributed by atoms with Crippen LogP contribution in [0.15, 0.2) is 18.2 Å². The first-order valence-electron chi connectivity index (χ1n) is 7.19. The summed E-state index contributed by atoms with van der Waals surface area (Å²) in [6.45, 7) is 1.55. The van der Waals surface area contributed by atoms with E-state index in [-0.39, 0.29) is 41.4 Å². The third-order valence-corrected chi connectivity index (χ3v) is 5.65. The van der Waals surface area contributed by atoms with E-state index in [2.05, 4.69) is 0 Å². The number of nitrogens with zero attached hydrogens (tertiary/aromatic N) is 1. The first-order valence-corrected chi connectivity index (χ1v) is 9.01. The van der Waals surface area contributed by atoms with Gasteiger partial charge in [-0.3, -0.25) is 9.59 Å². The number of sulfone groups is 1. The summed E-state index contributed by atoms with van der Waals surface area (Å²) in [4.78, 5) is 24.9. The molecule has 1 fully saturated rings. The van der Waals surface area contributed by atoms with E-state index >= 15 is 0 Å². The number of carbonyl (C=O) groups excluding carboxylic acids is 2. The summed E-state index contributed by atoms with van der Waals surface area (Å²) < 4.78 is 28.4. The highest BCUT2D eigenvalue weighted by Gasteiger charge is 2.32. The molecule has 2 amide bonds. The van der Waals surface area contributed by atoms with Crippen molar-refractivity contribution in [3.63, 3.8) is 0 Å². The van der Waals surface area contributed by atoms with Crippen LogP contribution in [0.25, 0.3) is 0 Å². The van der Waals surface area contributed by atoms with Gasteiger partial charge in [-0.25, -0.2) is 8.42 Å². The SMILES string of the molecule is Cc1ccc(C(N)=O)c(OCC(=O)N(C)C2CCS(=O)(=O)C2)c1. The molecule has 1 aliphatic heterocycles. The minimum Gasteiger partial charge on any atom is -0.483 e.